The van der Waals surface area contributed by atoms with Gasteiger partial charge >= 0.3 is 0 Å². The molecule has 0 saturated heterocycles. The number of anilines is 3. The first-order valence-electron chi connectivity index (χ1n) is 24.3. The Hall–Kier alpha value is -8.57. The number of benzene rings is 10. The highest BCUT2D eigenvalue weighted by atomic mass is 32.2. The summed E-state index contributed by atoms with van der Waals surface area (Å²) in [5, 5.41) is 4.56. The van der Waals surface area contributed by atoms with Crippen molar-refractivity contribution in [3.63, 3.8) is 0 Å². The fraction of sp³-hybridized carbons (Fsp3) is 0.0448. The van der Waals surface area contributed by atoms with Gasteiger partial charge in [0, 0.05) is 32.1 Å². The molecule has 0 N–H and O–H groups in total. The van der Waals surface area contributed by atoms with Gasteiger partial charge in [-0.1, -0.05) is 170 Å². The smallest absolute Gasteiger partial charge is 0.137 e. The van der Waals surface area contributed by atoms with Gasteiger partial charge in [0.05, 0.1) is 21.9 Å². The van der Waals surface area contributed by atoms with E-state index in [1.807, 2.05) is 23.9 Å². The van der Waals surface area contributed by atoms with E-state index in [0.717, 1.165) is 61.6 Å². The lowest BCUT2D eigenvalue weighted by Gasteiger charge is -2.41. The predicted molar refractivity (Wildman–Crippen MR) is 292 cm³/mol. The Bertz CT molecular complexity index is 4140. The molecule has 71 heavy (non-hydrogen) atoms. The van der Waals surface area contributed by atoms with Gasteiger partial charge in [0.1, 0.15) is 22.7 Å². The molecule has 0 fully saturated rings. The Morgan fingerprint density at radius 2 is 1.07 bits per heavy atom. The number of furan rings is 1. The van der Waals surface area contributed by atoms with Crippen LogP contribution < -0.4 is 9.64 Å². The summed E-state index contributed by atoms with van der Waals surface area (Å²) in [4.78, 5) is 5.00. The summed E-state index contributed by atoms with van der Waals surface area (Å²) < 4.78 is 13.7. The van der Waals surface area contributed by atoms with Gasteiger partial charge in [-0.3, -0.25) is 0 Å². The number of allylic oxidation sites excluding steroid dienone is 4. The highest BCUT2D eigenvalue weighted by Gasteiger charge is 2.52. The zero-order valence-electron chi connectivity index (χ0n) is 38.8. The summed E-state index contributed by atoms with van der Waals surface area (Å²) in [5.41, 5.74) is 18.5. The maximum absolute atomic E-state index is 7.06. The van der Waals surface area contributed by atoms with Crippen LogP contribution in [0.15, 0.2) is 263 Å². The van der Waals surface area contributed by atoms with Crippen molar-refractivity contribution in [1.82, 2.24) is 0 Å². The van der Waals surface area contributed by atoms with E-state index in [0.29, 0.717) is 0 Å². The predicted octanol–water partition coefficient (Wildman–Crippen LogP) is 17.8. The molecule has 11 aromatic rings. The second-order valence-corrected chi connectivity index (χ2v) is 20.2. The van der Waals surface area contributed by atoms with E-state index in [2.05, 4.69) is 237 Å². The van der Waals surface area contributed by atoms with Crippen molar-refractivity contribution in [2.24, 2.45) is 0 Å². The average molecular weight is 926 g/mol. The molecule has 334 valence electrons. The molecular formula is C67H43NO2S. The number of rotatable bonds is 5. The number of hydrogen-bond acceptors (Lipinski definition) is 4. The van der Waals surface area contributed by atoms with Crippen molar-refractivity contribution < 1.29 is 9.15 Å². The van der Waals surface area contributed by atoms with E-state index in [4.69, 9.17) is 9.15 Å². The molecule has 1 aromatic heterocycles. The summed E-state index contributed by atoms with van der Waals surface area (Å²) in [6.07, 6.45) is 5.87. The summed E-state index contributed by atoms with van der Waals surface area (Å²) in [5.74, 6) is 1.64. The van der Waals surface area contributed by atoms with Crippen LogP contribution in [0.3, 0.4) is 0 Å². The van der Waals surface area contributed by atoms with Crippen LogP contribution in [-0.4, -0.2) is 0 Å². The number of fused-ring (bicyclic) bond motifs is 20. The van der Waals surface area contributed by atoms with Crippen molar-refractivity contribution >= 4 is 61.5 Å². The van der Waals surface area contributed by atoms with Crippen LogP contribution in [0.25, 0.3) is 55.0 Å². The fourth-order valence-corrected chi connectivity index (χ4v) is 14.1. The highest BCUT2D eigenvalue weighted by Crippen LogP contribution is 2.64. The number of nitrogens with zero attached hydrogens (tertiary/aromatic N) is 1. The van der Waals surface area contributed by atoms with Gasteiger partial charge < -0.3 is 14.1 Å². The monoisotopic (exact) mass is 925 g/mol. The Labute approximate surface area is 416 Å². The van der Waals surface area contributed by atoms with E-state index >= 15 is 0 Å². The second kappa shape index (κ2) is 15.0. The maximum Gasteiger partial charge on any atom is 0.137 e. The van der Waals surface area contributed by atoms with E-state index in [9.17, 15) is 0 Å². The molecule has 0 radical (unpaired) electrons. The molecule has 1 unspecified atom stereocenters. The summed E-state index contributed by atoms with van der Waals surface area (Å²) in [6.45, 7) is 6.29. The lowest BCUT2D eigenvalue weighted by Crippen LogP contribution is -2.34. The van der Waals surface area contributed by atoms with Gasteiger partial charge in [0.15, 0.2) is 0 Å². The average Bonchev–Trinajstić information content (AvgIpc) is 4.05. The van der Waals surface area contributed by atoms with Gasteiger partial charge in [-0.05, 0) is 158 Å². The lowest BCUT2D eigenvalue weighted by molar-refractivity contribution is 0.399. The standard InChI is InChI=1S/C67H43NO2S/c1-3-4-29-59-41(2)66(51-24-11-9-22-48(51)50-37-42-18-5-6-19-43(42)38-55(50)66)56-39-44(33-35-61(56)69-59)68(58-28-17-31-62-65(58)49-23-10-15-30-60(49)70-62)45-34-36-64-57(40-45)67(54-27-14-16-32-63(54)71-64)52-25-12-7-20-46(52)47-21-8-13-26-53(47)67/h3-40H,1H2,2H3/b29-4-. The molecule has 4 aliphatic rings. The van der Waals surface area contributed by atoms with Crippen molar-refractivity contribution in [3.05, 3.63) is 287 Å². The topological polar surface area (TPSA) is 25.6 Å². The van der Waals surface area contributed by atoms with Crippen LogP contribution in [0.2, 0.25) is 0 Å². The molecular weight excluding hydrogens is 883 g/mol. The van der Waals surface area contributed by atoms with Crippen LogP contribution in [0.1, 0.15) is 45.9 Å². The molecule has 2 spiro atoms. The van der Waals surface area contributed by atoms with Gasteiger partial charge in [-0.15, -0.1) is 0 Å². The van der Waals surface area contributed by atoms with Crippen LogP contribution in [-0.2, 0) is 10.8 Å². The van der Waals surface area contributed by atoms with E-state index in [1.165, 1.54) is 76.2 Å². The zero-order chi connectivity index (χ0) is 47.0. The highest BCUT2D eigenvalue weighted by molar-refractivity contribution is 7.99. The fourth-order valence-electron chi connectivity index (χ4n) is 12.9. The van der Waals surface area contributed by atoms with Crippen molar-refractivity contribution in [1.29, 1.82) is 0 Å². The molecule has 0 bridgehead atoms. The second-order valence-electron chi connectivity index (χ2n) is 19.1. The van der Waals surface area contributed by atoms with Crippen molar-refractivity contribution in [3.8, 4) is 28.0 Å². The minimum Gasteiger partial charge on any atom is -0.457 e. The maximum atomic E-state index is 7.06. The molecule has 15 rings (SSSR count). The molecule has 2 aliphatic carbocycles. The summed E-state index contributed by atoms with van der Waals surface area (Å²) in [7, 11) is 0. The quantitative estimate of drug-likeness (QED) is 0.161. The van der Waals surface area contributed by atoms with Gasteiger partial charge in [-0.2, -0.15) is 0 Å². The third kappa shape index (κ3) is 5.35. The Kier molecular flexibility index (Phi) is 8.50. The molecule has 0 saturated carbocycles. The number of hydrogen-bond donors (Lipinski definition) is 0. The largest absolute Gasteiger partial charge is 0.457 e. The van der Waals surface area contributed by atoms with E-state index < -0.39 is 10.8 Å². The van der Waals surface area contributed by atoms with E-state index in [-0.39, 0.29) is 0 Å². The molecule has 3 heterocycles. The Morgan fingerprint density at radius 1 is 0.479 bits per heavy atom. The minimum atomic E-state index is -0.683. The van der Waals surface area contributed by atoms with Gasteiger partial charge in [0.25, 0.3) is 0 Å². The zero-order valence-corrected chi connectivity index (χ0v) is 39.6. The molecule has 1 atom stereocenters. The van der Waals surface area contributed by atoms with Gasteiger partial charge in [-0.25, -0.2) is 0 Å². The van der Waals surface area contributed by atoms with Crippen LogP contribution >= 0.6 is 11.8 Å². The van der Waals surface area contributed by atoms with Crippen LogP contribution in [0, 0.1) is 0 Å². The van der Waals surface area contributed by atoms with Gasteiger partial charge in [0.2, 0.25) is 0 Å². The third-order valence-electron chi connectivity index (χ3n) is 15.8. The van der Waals surface area contributed by atoms with Crippen LogP contribution in [0.5, 0.6) is 5.75 Å². The summed E-state index contributed by atoms with van der Waals surface area (Å²) in [6, 6.07) is 78.5. The lowest BCUT2D eigenvalue weighted by atomic mass is 9.65. The minimum absolute atomic E-state index is 0.550. The Balaban J connectivity index is 1.04. The van der Waals surface area contributed by atoms with Crippen molar-refractivity contribution in [2.75, 3.05) is 4.90 Å². The van der Waals surface area contributed by atoms with E-state index in [1.54, 1.807) is 0 Å². The van der Waals surface area contributed by atoms with Crippen molar-refractivity contribution in [2.45, 2.75) is 27.5 Å². The SMILES string of the molecule is C=C/C=C\C1=C(C)C2(c3cc(N(c4ccc5c(c4)C4(c6ccccc6S5)c5ccccc5-c5ccccc54)c4cccc5oc6ccccc6c45)ccc3O1)c1ccccc1-c1cc3ccccc3cc12. The first-order chi connectivity index (χ1) is 35.1. The number of ether oxygens (including phenoxy) is 1. The Morgan fingerprint density at radius 3 is 1.83 bits per heavy atom. The summed E-state index contributed by atoms with van der Waals surface area (Å²) >= 11 is 1.87. The molecule has 3 nitrogen and oxygen atoms in total. The molecule has 10 aromatic carbocycles. The number of para-hydroxylation sites is 1. The first-order valence-corrected chi connectivity index (χ1v) is 25.2. The normalized spacial score (nSPS) is 16.4. The first kappa shape index (κ1) is 40.3. The molecule has 2 aliphatic heterocycles. The molecule has 4 heteroatoms. The third-order valence-corrected chi connectivity index (χ3v) is 16.9. The van der Waals surface area contributed by atoms with Crippen LogP contribution in [0.4, 0.5) is 17.1 Å². The molecule has 0 amide bonds.